The minimum absolute atomic E-state index is 0.252. The number of carbonyl (C=O) groups excluding carboxylic acids is 1. The molecule has 0 atom stereocenters. The van der Waals surface area contributed by atoms with Crippen LogP contribution < -0.4 is 16.2 Å². The van der Waals surface area contributed by atoms with Crippen LogP contribution in [0.5, 0.6) is 0 Å². The Morgan fingerprint density at radius 2 is 1.90 bits per heavy atom. The molecule has 0 unspecified atom stereocenters. The lowest BCUT2D eigenvalue weighted by Gasteiger charge is -2.04. The number of benzene rings is 2. The first-order valence-electron chi connectivity index (χ1n) is 8.34. The van der Waals surface area contributed by atoms with Crippen LogP contribution in [0.4, 0.5) is 20.0 Å². The van der Waals surface area contributed by atoms with Crippen LogP contribution in [0.2, 0.25) is 0 Å². The van der Waals surface area contributed by atoms with Crippen LogP contribution in [-0.2, 0) is 5.75 Å². The zero-order valence-electron chi connectivity index (χ0n) is 14.7. The van der Waals surface area contributed by atoms with Gasteiger partial charge in [-0.3, -0.25) is 10.1 Å². The summed E-state index contributed by atoms with van der Waals surface area (Å²) < 4.78 is 13.5. The van der Waals surface area contributed by atoms with Gasteiger partial charge < -0.3 is 10.3 Å². The summed E-state index contributed by atoms with van der Waals surface area (Å²) in [5.41, 5.74) is 1.97. The lowest BCUT2D eigenvalue weighted by molar-refractivity contribution is 0.262. The first kappa shape index (κ1) is 19.0. The van der Waals surface area contributed by atoms with Crippen LogP contribution in [0, 0.1) is 5.82 Å². The summed E-state index contributed by atoms with van der Waals surface area (Å²) in [6.07, 6.45) is 0. The Morgan fingerprint density at radius 3 is 2.72 bits per heavy atom. The normalized spacial score (nSPS) is 10.8. The average molecular weight is 428 g/mol. The number of hydrogen-bond acceptors (Lipinski definition) is 7. The Balaban J connectivity index is 1.37. The number of amides is 2. The van der Waals surface area contributed by atoms with Crippen molar-refractivity contribution in [2.75, 3.05) is 10.6 Å². The molecular formula is C18H13FN6O2S2. The van der Waals surface area contributed by atoms with Crippen molar-refractivity contribution >= 4 is 51.0 Å². The molecule has 8 nitrogen and oxygen atoms in total. The van der Waals surface area contributed by atoms with Gasteiger partial charge in [-0.05, 0) is 36.4 Å². The van der Waals surface area contributed by atoms with E-state index in [0.717, 1.165) is 0 Å². The van der Waals surface area contributed by atoms with E-state index in [2.05, 4.69) is 30.8 Å². The number of anilines is 2. The number of nitrogens with one attached hydrogen (secondary N) is 3. The minimum atomic E-state index is -0.517. The van der Waals surface area contributed by atoms with Gasteiger partial charge in [0.25, 0.3) is 5.56 Å². The summed E-state index contributed by atoms with van der Waals surface area (Å²) in [7, 11) is 0. The number of carbonyl (C=O) groups is 1. The lowest BCUT2D eigenvalue weighted by atomic mass is 10.3. The number of H-pyrrole nitrogens is 1. The predicted molar refractivity (Wildman–Crippen MR) is 111 cm³/mol. The molecule has 0 fully saturated rings. The largest absolute Gasteiger partial charge is 0.325 e. The van der Waals surface area contributed by atoms with E-state index in [1.54, 1.807) is 6.07 Å². The molecule has 11 heteroatoms. The van der Waals surface area contributed by atoms with Gasteiger partial charge in [0.1, 0.15) is 11.5 Å². The van der Waals surface area contributed by atoms with Crippen molar-refractivity contribution < 1.29 is 9.18 Å². The molecule has 2 amide bonds. The van der Waals surface area contributed by atoms with E-state index >= 15 is 0 Å². The quantitative estimate of drug-likeness (QED) is 0.329. The molecule has 0 saturated carbocycles. The van der Waals surface area contributed by atoms with Gasteiger partial charge >= 0.3 is 6.03 Å². The Hall–Kier alpha value is -3.31. The highest BCUT2D eigenvalue weighted by Gasteiger charge is 2.11. The van der Waals surface area contributed by atoms with Gasteiger partial charge in [-0.15, -0.1) is 10.2 Å². The van der Waals surface area contributed by atoms with Crippen molar-refractivity contribution in [1.82, 2.24) is 20.2 Å². The maximum atomic E-state index is 12.9. The van der Waals surface area contributed by atoms with Crippen molar-refractivity contribution in [3.63, 3.8) is 0 Å². The molecule has 2 aromatic carbocycles. The number of rotatable bonds is 5. The van der Waals surface area contributed by atoms with Crippen LogP contribution in [0.1, 0.15) is 5.69 Å². The van der Waals surface area contributed by atoms with Gasteiger partial charge in [0.05, 0.1) is 11.0 Å². The fourth-order valence-corrected chi connectivity index (χ4v) is 4.08. The maximum absolute atomic E-state index is 12.9. The highest BCUT2D eigenvalue weighted by Crippen LogP contribution is 2.27. The smallest absolute Gasteiger partial charge is 0.319 e. The van der Waals surface area contributed by atoms with Crippen molar-refractivity contribution in [2.45, 2.75) is 10.1 Å². The molecule has 0 aliphatic heterocycles. The Bertz CT molecular complexity index is 1220. The van der Waals surface area contributed by atoms with Crippen molar-refractivity contribution in [2.24, 2.45) is 0 Å². The maximum Gasteiger partial charge on any atom is 0.325 e. The molecule has 4 rings (SSSR count). The number of thioether (sulfide) groups is 1. The van der Waals surface area contributed by atoms with E-state index in [1.807, 2.05) is 18.2 Å². The molecule has 2 aromatic heterocycles. The molecule has 3 N–H and O–H groups in total. The fraction of sp³-hybridized carbons (Fsp3) is 0.0556. The van der Waals surface area contributed by atoms with Crippen LogP contribution >= 0.6 is 23.1 Å². The molecule has 4 aromatic rings. The van der Waals surface area contributed by atoms with E-state index in [4.69, 9.17) is 0 Å². The summed E-state index contributed by atoms with van der Waals surface area (Å²) in [5.74, 6) is -0.0715. The number of fused-ring (bicyclic) bond motifs is 1. The van der Waals surface area contributed by atoms with Crippen molar-refractivity contribution in [1.29, 1.82) is 0 Å². The van der Waals surface area contributed by atoms with Crippen LogP contribution in [-0.4, -0.2) is 26.2 Å². The summed E-state index contributed by atoms with van der Waals surface area (Å²) >= 11 is 2.47. The minimum Gasteiger partial charge on any atom is -0.319 e. The highest BCUT2D eigenvalue weighted by molar-refractivity contribution is 8.00. The SMILES string of the molecule is O=C(Nc1ccc(F)cc1)Nc1nnc(SCc2nc3ccccc3[nH]c2=O)s1. The van der Waals surface area contributed by atoms with E-state index in [1.165, 1.54) is 47.4 Å². The first-order valence-corrected chi connectivity index (χ1v) is 10.1. The fourth-order valence-electron chi connectivity index (χ4n) is 2.41. The number of para-hydroxylation sites is 2. The standard InChI is InChI=1S/C18H13FN6O2S2/c19-10-5-7-11(8-6-10)20-16(27)23-17-24-25-18(29-17)28-9-14-15(26)22-13-4-2-1-3-12(13)21-14/h1-8H,9H2,(H,22,26)(H2,20,23,24,27). The number of aromatic amines is 1. The Morgan fingerprint density at radius 1 is 1.10 bits per heavy atom. The van der Waals surface area contributed by atoms with Crippen LogP contribution in [0.3, 0.4) is 0 Å². The third-order valence-corrected chi connectivity index (χ3v) is 5.71. The molecule has 0 aliphatic carbocycles. The summed E-state index contributed by atoms with van der Waals surface area (Å²) in [5, 5.41) is 13.3. The Labute approximate surface area is 171 Å². The van der Waals surface area contributed by atoms with Gasteiger partial charge in [-0.1, -0.05) is 35.2 Å². The van der Waals surface area contributed by atoms with Gasteiger partial charge in [-0.2, -0.15) is 0 Å². The molecule has 2 heterocycles. The molecule has 146 valence electrons. The number of halogens is 1. The number of nitrogens with zero attached hydrogens (tertiary/aromatic N) is 3. The third-order valence-electron chi connectivity index (χ3n) is 3.73. The van der Waals surface area contributed by atoms with Crippen molar-refractivity contribution in [3.05, 3.63) is 70.4 Å². The molecule has 0 bridgehead atoms. The van der Waals surface area contributed by atoms with E-state index in [9.17, 15) is 14.0 Å². The zero-order valence-corrected chi connectivity index (χ0v) is 16.3. The van der Waals surface area contributed by atoms with E-state index < -0.39 is 6.03 Å². The number of urea groups is 1. The topological polar surface area (TPSA) is 113 Å². The molecule has 0 aliphatic rings. The first-order chi connectivity index (χ1) is 14.1. The summed E-state index contributed by atoms with van der Waals surface area (Å²) in [6, 6.07) is 12.2. The average Bonchev–Trinajstić information content (AvgIpc) is 3.15. The van der Waals surface area contributed by atoms with Crippen LogP contribution in [0.15, 0.2) is 57.7 Å². The number of hydrogen-bond donors (Lipinski definition) is 3. The highest BCUT2D eigenvalue weighted by atomic mass is 32.2. The van der Waals surface area contributed by atoms with Gasteiger partial charge in [0, 0.05) is 11.4 Å². The van der Waals surface area contributed by atoms with E-state index in [-0.39, 0.29) is 11.4 Å². The van der Waals surface area contributed by atoms with Crippen molar-refractivity contribution in [3.8, 4) is 0 Å². The Kier molecular flexibility index (Phi) is 5.49. The predicted octanol–water partition coefficient (Wildman–Crippen LogP) is 3.85. The second-order valence-electron chi connectivity index (χ2n) is 5.78. The second-order valence-corrected chi connectivity index (χ2v) is 7.98. The monoisotopic (exact) mass is 428 g/mol. The van der Waals surface area contributed by atoms with Gasteiger partial charge in [0.15, 0.2) is 4.34 Å². The molecule has 0 radical (unpaired) electrons. The second kappa shape index (κ2) is 8.37. The molecular weight excluding hydrogens is 415 g/mol. The number of aromatic nitrogens is 4. The van der Waals surface area contributed by atoms with E-state index in [0.29, 0.717) is 37.6 Å². The molecule has 29 heavy (non-hydrogen) atoms. The third kappa shape index (κ3) is 4.76. The van der Waals surface area contributed by atoms with Crippen LogP contribution in [0.25, 0.3) is 11.0 Å². The zero-order chi connectivity index (χ0) is 20.2. The van der Waals surface area contributed by atoms with Gasteiger partial charge in [0.2, 0.25) is 5.13 Å². The molecule has 0 saturated heterocycles. The summed E-state index contributed by atoms with van der Waals surface area (Å²) in [4.78, 5) is 31.3. The summed E-state index contributed by atoms with van der Waals surface area (Å²) in [6.45, 7) is 0. The van der Waals surface area contributed by atoms with Gasteiger partial charge in [-0.25, -0.2) is 14.2 Å². The lowest BCUT2D eigenvalue weighted by Crippen LogP contribution is -2.19. The molecule has 0 spiro atoms.